The lowest BCUT2D eigenvalue weighted by Crippen LogP contribution is -2.43. The maximum absolute atomic E-state index is 15.6. The second kappa shape index (κ2) is 9.71. The summed E-state index contributed by atoms with van der Waals surface area (Å²) in [5, 5.41) is 3.97. The number of methoxy groups -OCH3 is 1. The van der Waals surface area contributed by atoms with Crippen molar-refractivity contribution in [3.63, 3.8) is 0 Å². The zero-order valence-corrected chi connectivity index (χ0v) is 18.8. The molecule has 3 aromatic carbocycles. The van der Waals surface area contributed by atoms with Gasteiger partial charge >= 0.3 is 0 Å². The number of piperazine rings is 1. The lowest BCUT2D eigenvalue weighted by molar-refractivity contribution is 0.413. The zero-order valence-electron chi connectivity index (χ0n) is 18.1. The predicted octanol–water partition coefficient (Wildman–Crippen LogP) is 5.72. The van der Waals surface area contributed by atoms with Crippen LogP contribution in [0.2, 0.25) is 5.02 Å². The van der Waals surface area contributed by atoms with Gasteiger partial charge in [0.2, 0.25) is 0 Å². The molecule has 0 amide bonds. The Morgan fingerprint density at radius 2 is 1.84 bits per heavy atom. The molecule has 31 heavy (non-hydrogen) atoms. The number of halogens is 2. The third kappa shape index (κ3) is 4.70. The molecule has 0 aliphatic carbocycles. The van der Waals surface area contributed by atoms with E-state index in [1.54, 1.807) is 19.2 Å². The van der Waals surface area contributed by atoms with Crippen LogP contribution in [0, 0.1) is 5.82 Å². The van der Waals surface area contributed by atoms with Crippen molar-refractivity contribution in [1.82, 2.24) is 5.32 Å². The second-order valence-electron chi connectivity index (χ2n) is 7.86. The Kier molecular flexibility index (Phi) is 6.79. The van der Waals surface area contributed by atoms with Crippen LogP contribution in [0.3, 0.4) is 0 Å². The molecule has 3 nitrogen and oxygen atoms in total. The smallest absolute Gasteiger partial charge is 0.138 e. The van der Waals surface area contributed by atoms with Crippen LogP contribution in [0.4, 0.5) is 10.1 Å². The highest BCUT2D eigenvalue weighted by Gasteiger charge is 2.18. The van der Waals surface area contributed by atoms with E-state index in [2.05, 4.69) is 35.3 Å². The molecule has 1 aliphatic heterocycles. The number of anilines is 1. The minimum atomic E-state index is -0.258. The Bertz CT molecular complexity index is 1060. The van der Waals surface area contributed by atoms with E-state index in [0.717, 1.165) is 38.2 Å². The van der Waals surface area contributed by atoms with Gasteiger partial charge in [0.05, 0.1) is 12.7 Å². The number of rotatable bonds is 6. The van der Waals surface area contributed by atoms with E-state index in [9.17, 15) is 0 Å². The van der Waals surface area contributed by atoms with Crippen LogP contribution in [-0.2, 0) is 12.8 Å². The van der Waals surface area contributed by atoms with E-state index >= 15 is 4.39 Å². The Hall–Kier alpha value is -2.56. The van der Waals surface area contributed by atoms with Gasteiger partial charge in [-0.2, -0.15) is 0 Å². The van der Waals surface area contributed by atoms with E-state index in [0.29, 0.717) is 33.9 Å². The maximum Gasteiger partial charge on any atom is 0.138 e. The standard InChI is InChI=1S/C26H28ClFN2O/c1-3-19-15-18(7-9-23(19)30-13-11-29-12-14-30)16-21-8-10-24(31-2)25(26(21)28)20-5-4-6-22(27)17-20/h4-10,15,17,29H,3,11-14,16H2,1-2H3. The van der Waals surface area contributed by atoms with Crippen LogP contribution in [0.5, 0.6) is 5.75 Å². The topological polar surface area (TPSA) is 24.5 Å². The Labute approximate surface area is 188 Å². The summed E-state index contributed by atoms with van der Waals surface area (Å²) in [7, 11) is 1.56. The molecule has 0 saturated carbocycles. The minimum Gasteiger partial charge on any atom is -0.496 e. The number of nitrogens with one attached hydrogen (secondary N) is 1. The molecule has 3 aromatic rings. The first-order valence-corrected chi connectivity index (χ1v) is 11.2. The molecule has 1 saturated heterocycles. The number of ether oxygens (including phenoxy) is 1. The Morgan fingerprint density at radius 1 is 1.03 bits per heavy atom. The molecule has 0 atom stereocenters. The molecule has 0 radical (unpaired) electrons. The average Bonchev–Trinajstić information content (AvgIpc) is 2.80. The lowest BCUT2D eigenvalue weighted by Gasteiger charge is -2.31. The molecule has 4 rings (SSSR count). The summed E-state index contributed by atoms with van der Waals surface area (Å²) in [4.78, 5) is 2.43. The largest absolute Gasteiger partial charge is 0.496 e. The van der Waals surface area contributed by atoms with Gasteiger partial charge in [-0.05, 0) is 52.9 Å². The number of hydrogen-bond acceptors (Lipinski definition) is 3. The van der Waals surface area contributed by atoms with Crippen molar-refractivity contribution in [3.8, 4) is 16.9 Å². The van der Waals surface area contributed by atoms with Crippen LogP contribution >= 0.6 is 11.6 Å². The summed E-state index contributed by atoms with van der Waals surface area (Å²) in [6.07, 6.45) is 1.48. The fourth-order valence-corrected chi connectivity index (χ4v) is 4.48. The highest BCUT2D eigenvalue weighted by atomic mass is 35.5. The fraction of sp³-hybridized carbons (Fsp3) is 0.308. The summed E-state index contributed by atoms with van der Waals surface area (Å²) < 4.78 is 21.1. The van der Waals surface area contributed by atoms with Gasteiger partial charge in [-0.3, -0.25) is 0 Å². The monoisotopic (exact) mass is 438 g/mol. The molecular formula is C26H28ClFN2O. The summed E-state index contributed by atoms with van der Waals surface area (Å²) in [6, 6.07) is 17.4. The summed E-state index contributed by atoms with van der Waals surface area (Å²) in [6.45, 7) is 6.23. The van der Waals surface area contributed by atoms with Gasteiger partial charge < -0.3 is 15.0 Å². The van der Waals surface area contributed by atoms with Crippen molar-refractivity contribution >= 4 is 17.3 Å². The van der Waals surface area contributed by atoms with Gasteiger partial charge in [-0.15, -0.1) is 0 Å². The van der Waals surface area contributed by atoms with Gasteiger partial charge in [0.1, 0.15) is 11.6 Å². The third-order valence-corrected chi connectivity index (χ3v) is 6.13. The predicted molar refractivity (Wildman–Crippen MR) is 127 cm³/mol. The number of hydrogen-bond donors (Lipinski definition) is 1. The molecule has 162 valence electrons. The number of nitrogens with zero attached hydrogens (tertiary/aromatic N) is 1. The van der Waals surface area contributed by atoms with Crippen LogP contribution in [0.1, 0.15) is 23.6 Å². The van der Waals surface area contributed by atoms with Crippen molar-refractivity contribution in [3.05, 3.63) is 82.1 Å². The van der Waals surface area contributed by atoms with E-state index in [1.807, 2.05) is 24.3 Å². The summed E-state index contributed by atoms with van der Waals surface area (Å²) >= 11 is 6.15. The minimum absolute atomic E-state index is 0.258. The first-order chi connectivity index (χ1) is 15.1. The van der Waals surface area contributed by atoms with E-state index in [1.165, 1.54) is 11.3 Å². The lowest BCUT2D eigenvalue weighted by atomic mass is 9.95. The summed E-state index contributed by atoms with van der Waals surface area (Å²) in [5.41, 5.74) is 5.53. The molecule has 1 aliphatic rings. The molecule has 1 N–H and O–H groups in total. The van der Waals surface area contributed by atoms with Crippen molar-refractivity contribution in [2.45, 2.75) is 19.8 Å². The molecule has 0 aromatic heterocycles. The van der Waals surface area contributed by atoms with Crippen molar-refractivity contribution in [2.75, 3.05) is 38.2 Å². The highest BCUT2D eigenvalue weighted by Crippen LogP contribution is 2.36. The molecule has 0 spiro atoms. The van der Waals surface area contributed by atoms with Gasteiger partial charge in [0, 0.05) is 43.3 Å². The summed E-state index contributed by atoms with van der Waals surface area (Å²) in [5.74, 6) is 0.248. The number of benzene rings is 3. The molecule has 0 bridgehead atoms. The van der Waals surface area contributed by atoms with Crippen LogP contribution < -0.4 is 15.0 Å². The highest BCUT2D eigenvalue weighted by molar-refractivity contribution is 6.30. The van der Waals surface area contributed by atoms with Crippen molar-refractivity contribution in [1.29, 1.82) is 0 Å². The average molecular weight is 439 g/mol. The van der Waals surface area contributed by atoms with Gasteiger partial charge in [-0.1, -0.05) is 48.9 Å². The SMILES string of the molecule is CCc1cc(Cc2ccc(OC)c(-c3cccc(Cl)c3)c2F)ccc1N1CCNCC1. The van der Waals surface area contributed by atoms with E-state index < -0.39 is 0 Å². The molecule has 0 unspecified atom stereocenters. The van der Waals surface area contributed by atoms with Crippen LogP contribution in [-0.4, -0.2) is 33.3 Å². The molecule has 1 heterocycles. The zero-order chi connectivity index (χ0) is 21.8. The van der Waals surface area contributed by atoms with E-state index in [4.69, 9.17) is 16.3 Å². The molecule has 5 heteroatoms. The van der Waals surface area contributed by atoms with Gasteiger partial charge in [0.25, 0.3) is 0 Å². The van der Waals surface area contributed by atoms with Crippen molar-refractivity contribution < 1.29 is 9.13 Å². The van der Waals surface area contributed by atoms with Crippen LogP contribution in [0.25, 0.3) is 11.1 Å². The van der Waals surface area contributed by atoms with Crippen molar-refractivity contribution in [2.24, 2.45) is 0 Å². The Balaban J connectivity index is 1.67. The van der Waals surface area contributed by atoms with Crippen LogP contribution in [0.15, 0.2) is 54.6 Å². The quantitative estimate of drug-likeness (QED) is 0.532. The normalized spacial score (nSPS) is 14.0. The van der Waals surface area contributed by atoms with E-state index in [-0.39, 0.29) is 5.82 Å². The maximum atomic E-state index is 15.6. The molecule has 1 fully saturated rings. The van der Waals surface area contributed by atoms with Gasteiger partial charge in [0.15, 0.2) is 0 Å². The number of aryl methyl sites for hydroxylation is 1. The first kappa shape index (κ1) is 21.7. The third-order valence-electron chi connectivity index (χ3n) is 5.89. The first-order valence-electron chi connectivity index (χ1n) is 10.8. The Morgan fingerprint density at radius 3 is 2.55 bits per heavy atom. The van der Waals surface area contributed by atoms with Gasteiger partial charge in [-0.25, -0.2) is 4.39 Å². The second-order valence-corrected chi connectivity index (χ2v) is 8.29. The molecular weight excluding hydrogens is 411 g/mol. The fourth-order valence-electron chi connectivity index (χ4n) is 4.29.